The van der Waals surface area contributed by atoms with Crippen molar-refractivity contribution < 1.29 is 18.7 Å². The van der Waals surface area contributed by atoms with Crippen LogP contribution in [-0.2, 0) is 29.6 Å². The summed E-state index contributed by atoms with van der Waals surface area (Å²) in [6, 6.07) is 19.1. The number of rotatable bonds is 10. The Balaban J connectivity index is 1.29. The van der Waals surface area contributed by atoms with Crippen LogP contribution in [0.3, 0.4) is 0 Å². The number of ether oxygens (including phenoxy) is 2. The molecule has 1 fully saturated rings. The van der Waals surface area contributed by atoms with Crippen LogP contribution in [0.4, 0.5) is 10.3 Å². The van der Waals surface area contributed by atoms with Gasteiger partial charge in [0.05, 0.1) is 17.3 Å². The molecular weight excluding hydrogens is 601 g/mol. The fourth-order valence-electron chi connectivity index (χ4n) is 5.59. The summed E-state index contributed by atoms with van der Waals surface area (Å²) in [7, 11) is 1.81. The highest BCUT2D eigenvalue weighted by atomic mass is 19.1. The lowest BCUT2D eigenvalue weighted by atomic mass is 10.0. The van der Waals surface area contributed by atoms with E-state index in [9.17, 15) is 9.59 Å². The fraction of sp³-hybridized carbons (Fsp3) is 0.200. The molecule has 1 saturated carbocycles. The van der Waals surface area contributed by atoms with Gasteiger partial charge in [-0.3, -0.25) is 14.0 Å². The molecule has 3 heterocycles. The minimum Gasteiger partial charge on any atom is -0.482 e. The highest BCUT2D eigenvalue weighted by Gasteiger charge is 2.26. The molecule has 47 heavy (non-hydrogen) atoms. The van der Waals surface area contributed by atoms with Crippen LogP contribution in [0.15, 0.2) is 90.1 Å². The van der Waals surface area contributed by atoms with E-state index in [2.05, 4.69) is 20.1 Å². The molecule has 0 saturated heterocycles. The third-order valence-corrected chi connectivity index (χ3v) is 7.98. The van der Waals surface area contributed by atoms with Crippen molar-refractivity contribution in [1.82, 2.24) is 29.3 Å². The molecule has 12 heteroatoms. The Bertz CT molecular complexity index is 2180. The molecule has 0 atom stereocenters. The first kappa shape index (κ1) is 29.8. The van der Waals surface area contributed by atoms with E-state index in [-0.39, 0.29) is 30.4 Å². The van der Waals surface area contributed by atoms with Crippen molar-refractivity contribution >= 4 is 22.7 Å². The summed E-state index contributed by atoms with van der Waals surface area (Å²) in [4.78, 5) is 40.1. The van der Waals surface area contributed by atoms with E-state index < -0.39 is 17.3 Å². The van der Waals surface area contributed by atoms with Gasteiger partial charge >= 0.3 is 5.97 Å². The van der Waals surface area contributed by atoms with Gasteiger partial charge < -0.3 is 15.2 Å². The Kier molecular flexibility index (Phi) is 7.90. The van der Waals surface area contributed by atoms with E-state index in [0.29, 0.717) is 46.1 Å². The number of aryl methyl sites for hydroxylation is 1. The van der Waals surface area contributed by atoms with Gasteiger partial charge in [0.1, 0.15) is 24.0 Å². The second kappa shape index (κ2) is 12.5. The predicted molar refractivity (Wildman–Crippen MR) is 172 cm³/mol. The molecule has 0 spiro atoms. The molecule has 2 N–H and O–H groups in total. The number of carbonyl (C=O) groups excluding carboxylic acids is 1. The number of halogens is 1. The number of nitrogens with two attached hydrogens (primary N) is 1. The molecule has 3 aromatic heterocycles. The maximum absolute atomic E-state index is 15.4. The number of anilines is 1. The van der Waals surface area contributed by atoms with E-state index in [1.165, 1.54) is 10.6 Å². The Hall–Kier alpha value is -5.91. The van der Waals surface area contributed by atoms with Crippen molar-refractivity contribution in [1.29, 1.82) is 0 Å². The van der Waals surface area contributed by atoms with Crippen LogP contribution < -0.4 is 16.0 Å². The number of hydrogen-bond donors (Lipinski definition) is 1. The summed E-state index contributed by atoms with van der Waals surface area (Å²) in [5, 5.41) is 4.70. The lowest BCUT2D eigenvalue weighted by Gasteiger charge is -2.17. The van der Waals surface area contributed by atoms with Crippen LogP contribution in [0.1, 0.15) is 41.3 Å². The SMILES string of the molecule is Cn1cc(Cc2nc(N)nc(-c3cccc(-n4ccc5cc(C6CC6)cc(F)c5c4=O)c3COC(=O)COc3ccccc3)n2)cn1. The molecule has 0 aliphatic heterocycles. The third kappa shape index (κ3) is 6.43. The topological polar surface area (TPSA) is 140 Å². The second-order valence-corrected chi connectivity index (χ2v) is 11.4. The lowest BCUT2D eigenvalue weighted by Crippen LogP contribution is -2.21. The minimum atomic E-state index is -0.633. The van der Waals surface area contributed by atoms with Crippen LogP contribution in [0.2, 0.25) is 0 Å². The molecule has 1 aliphatic rings. The van der Waals surface area contributed by atoms with Gasteiger partial charge in [0.25, 0.3) is 5.56 Å². The number of para-hydroxylation sites is 1. The van der Waals surface area contributed by atoms with E-state index in [1.807, 2.05) is 25.4 Å². The van der Waals surface area contributed by atoms with Gasteiger partial charge in [-0.2, -0.15) is 15.1 Å². The first-order chi connectivity index (χ1) is 22.8. The highest BCUT2D eigenvalue weighted by Crippen LogP contribution is 2.41. The number of aromatic nitrogens is 6. The average molecular weight is 632 g/mol. The molecule has 3 aromatic carbocycles. The monoisotopic (exact) mass is 631 g/mol. The van der Waals surface area contributed by atoms with Gasteiger partial charge in [-0.05, 0) is 65.6 Å². The zero-order valence-electron chi connectivity index (χ0n) is 25.5. The summed E-state index contributed by atoms with van der Waals surface area (Å²) >= 11 is 0. The van der Waals surface area contributed by atoms with Crippen molar-refractivity contribution in [3.63, 3.8) is 0 Å². The molecule has 236 valence electrons. The molecule has 11 nitrogen and oxygen atoms in total. The summed E-state index contributed by atoms with van der Waals surface area (Å²) in [6.45, 7) is -0.598. The van der Waals surface area contributed by atoms with Crippen LogP contribution in [-0.4, -0.2) is 41.9 Å². The number of carbonyl (C=O) groups is 1. The molecule has 0 amide bonds. The average Bonchev–Trinajstić information content (AvgIpc) is 3.84. The number of nitrogen functional groups attached to an aromatic ring is 1. The first-order valence-electron chi connectivity index (χ1n) is 15.1. The van der Waals surface area contributed by atoms with Crippen LogP contribution >= 0.6 is 0 Å². The minimum absolute atomic E-state index is 0.00471. The van der Waals surface area contributed by atoms with Gasteiger partial charge in [-0.25, -0.2) is 14.2 Å². The smallest absolute Gasteiger partial charge is 0.344 e. The molecule has 6 aromatic rings. The van der Waals surface area contributed by atoms with Crippen molar-refractivity contribution in [2.75, 3.05) is 12.3 Å². The Morgan fingerprint density at radius 2 is 1.87 bits per heavy atom. The van der Waals surface area contributed by atoms with Crippen molar-refractivity contribution in [2.24, 2.45) is 7.05 Å². The van der Waals surface area contributed by atoms with Crippen molar-refractivity contribution in [2.45, 2.75) is 31.8 Å². The van der Waals surface area contributed by atoms with E-state index in [1.54, 1.807) is 65.6 Å². The van der Waals surface area contributed by atoms with Crippen LogP contribution in [0.25, 0.3) is 27.8 Å². The lowest BCUT2D eigenvalue weighted by molar-refractivity contribution is -0.147. The summed E-state index contributed by atoms with van der Waals surface area (Å²) < 4.78 is 29.7. The maximum atomic E-state index is 15.4. The molecule has 0 bridgehead atoms. The van der Waals surface area contributed by atoms with Gasteiger partial charge in [-0.1, -0.05) is 36.4 Å². The largest absolute Gasteiger partial charge is 0.482 e. The third-order valence-electron chi connectivity index (χ3n) is 7.98. The van der Waals surface area contributed by atoms with E-state index in [4.69, 9.17) is 15.2 Å². The Labute approximate surface area is 268 Å². The first-order valence-corrected chi connectivity index (χ1v) is 15.1. The normalized spacial score (nSPS) is 12.7. The molecule has 7 rings (SSSR count). The number of pyridine rings is 1. The number of hydrogen-bond acceptors (Lipinski definition) is 9. The standard InChI is InChI=1S/C35H30FN7O4/c1-42-18-21(17-38-42)14-30-39-33(41-35(37)40-30)26-8-5-9-29(27(26)19-47-31(44)20-46-25-6-3-2-4-7-25)43-13-12-23-15-24(22-10-11-22)16-28(36)32(23)34(43)45/h2-9,12-13,15-18,22H,10-11,14,19-20H2,1H3,(H2,37,39,40,41). The second-order valence-electron chi connectivity index (χ2n) is 11.4. The molecule has 0 unspecified atom stereocenters. The number of benzene rings is 3. The molecule has 1 aliphatic carbocycles. The summed E-state index contributed by atoms with van der Waals surface area (Å²) in [6.07, 6.45) is 7.53. The number of fused-ring (bicyclic) bond motifs is 1. The van der Waals surface area contributed by atoms with Crippen molar-refractivity contribution in [3.05, 3.63) is 124 Å². The van der Waals surface area contributed by atoms with Gasteiger partial charge in [0.15, 0.2) is 12.4 Å². The van der Waals surface area contributed by atoms with Crippen LogP contribution in [0, 0.1) is 5.82 Å². The number of nitrogens with zero attached hydrogens (tertiary/aromatic N) is 6. The molecule has 0 radical (unpaired) electrons. The summed E-state index contributed by atoms with van der Waals surface area (Å²) in [5.74, 6) is 0.260. The summed E-state index contributed by atoms with van der Waals surface area (Å²) in [5.41, 5.74) is 8.59. The maximum Gasteiger partial charge on any atom is 0.344 e. The fourth-order valence-corrected chi connectivity index (χ4v) is 5.59. The van der Waals surface area contributed by atoms with Gasteiger partial charge in [0, 0.05) is 37.0 Å². The zero-order chi connectivity index (χ0) is 32.5. The highest BCUT2D eigenvalue weighted by molar-refractivity contribution is 5.83. The van der Waals surface area contributed by atoms with Gasteiger partial charge in [0.2, 0.25) is 5.95 Å². The zero-order valence-corrected chi connectivity index (χ0v) is 25.5. The van der Waals surface area contributed by atoms with E-state index >= 15 is 4.39 Å². The predicted octanol–water partition coefficient (Wildman–Crippen LogP) is 4.89. The van der Waals surface area contributed by atoms with E-state index in [0.717, 1.165) is 24.0 Å². The quantitative estimate of drug-likeness (QED) is 0.209. The van der Waals surface area contributed by atoms with Crippen molar-refractivity contribution in [3.8, 4) is 22.8 Å². The van der Waals surface area contributed by atoms with Gasteiger partial charge in [-0.15, -0.1) is 0 Å². The van der Waals surface area contributed by atoms with Crippen LogP contribution in [0.5, 0.6) is 5.75 Å². The number of esters is 1. The Morgan fingerprint density at radius 3 is 2.64 bits per heavy atom. The Morgan fingerprint density at radius 1 is 1.04 bits per heavy atom. The molecular formula is C35H30FN7O4.